The molecule has 0 radical (unpaired) electrons. The van der Waals surface area contributed by atoms with Crippen LogP contribution in [-0.2, 0) is 38.2 Å². The van der Waals surface area contributed by atoms with Crippen molar-refractivity contribution in [3.05, 3.63) is 0 Å². The molecule has 0 unspecified atom stereocenters. The van der Waals surface area contributed by atoms with Crippen LogP contribution in [0.15, 0.2) is 0 Å². The summed E-state index contributed by atoms with van der Waals surface area (Å²) in [5, 5.41) is 4.60. The highest BCUT2D eigenvalue weighted by Crippen LogP contribution is 1.98. The van der Waals surface area contributed by atoms with Gasteiger partial charge in [0, 0.05) is 13.0 Å². The molecule has 130 valence electrons. The van der Waals surface area contributed by atoms with E-state index in [-0.39, 0.29) is 25.8 Å². The van der Waals surface area contributed by atoms with Crippen LogP contribution in [0.25, 0.3) is 0 Å². The van der Waals surface area contributed by atoms with Gasteiger partial charge >= 0.3 is 23.8 Å². The first kappa shape index (κ1) is 20.3. The number of hydrogen-bond acceptors (Lipinski definition) is 8. The summed E-state index contributed by atoms with van der Waals surface area (Å²) < 4.78 is 13.1. The summed E-state index contributed by atoms with van der Waals surface area (Å²) in [7, 11) is 3.39. The maximum absolute atomic E-state index is 11.7. The molecule has 2 N–H and O–H groups in total. The standard InChI is InChI=1S/C13H20N2O8/c1-21-10(17)5-4-9(16)15-8(12(19)22-2)6-7-14-11(18)13(20)23-3/h8H,4-7H2,1-3H3,(H,14,18)(H,15,16)/t8-/m0/s1. The zero-order valence-corrected chi connectivity index (χ0v) is 13.2. The van der Waals surface area contributed by atoms with Gasteiger partial charge in [-0.25, -0.2) is 9.59 Å². The lowest BCUT2D eigenvalue weighted by molar-refractivity contribution is -0.152. The number of carbonyl (C=O) groups excluding carboxylic acids is 5. The molecule has 0 aliphatic carbocycles. The Labute approximate surface area is 132 Å². The van der Waals surface area contributed by atoms with E-state index in [1.807, 2.05) is 0 Å². The summed E-state index contributed by atoms with van der Waals surface area (Å²) in [6.07, 6.45) is -0.288. The molecule has 0 rings (SSSR count). The highest BCUT2D eigenvalue weighted by Gasteiger charge is 2.22. The molecule has 23 heavy (non-hydrogen) atoms. The summed E-state index contributed by atoms with van der Waals surface area (Å²) in [4.78, 5) is 56.3. The van der Waals surface area contributed by atoms with Crippen molar-refractivity contribution in [2.75, 3.05) is 27.9 Å². The average molecular weight is 332 g/mol. The van der Waals surface area contributed by atoms with Gasteiger partial charge in [-0.2, -0.15) is 0 Å². The summed E-state index contributed by atoms with van der Waals surface area (Å²) in [6, 6.07) is -1.02. The van der Waals surface area contributed by atoms with Crippen LogP contribution in [0.3, 0.4) is 0 Å². The van der Waals surface area contributed by atoms with Gasteiger partial charge < -0.3 is 24.8 Å². The molecule has 0 saturated carbocycles. The van der Waals surface area contributed by atoms with Crippen molar-refractivity contribution in [3.8, 4) is 0 Å². The molecular weight excluding hydrogens is 312 g/mol. The molecule has 0 aromatic rings. The van der Waals surface area contributed by atoms with Gasteiger partial charge in [-0.05, 0) is 6.42 Å². The van der Waals surface area contributed by atoms with Gasteiger partial charge in [0.05, 0.1) is 27.8 Å². The van der Waals surface area contributed by atoms with Gasteiger partial charge in [-0.15, -0.1) is 0 Å². The molecule has 10 nitrogen and oxygen atoms in total. The quantitative estimate of drug-likeness (QED) is 0.304. The van der Waals surface area contributed by atoms with E-state index >= 15 is 0 Å². The highest BCUT2D eigenvalue weighted by atomic mass is 16.5. The molecule has 10 heteroatoms. The third-order valence-electron chi connectivity index (χ3n) is 2.69. The molecule has 0 aromatic carbocycles. The van der Waals surface area contributed by atoms with Crippen molar-refractivity contribution in [1.82, 2.24) is 10.6 Å². The molecule has 0 aliphatic heterocycles. The number of esters is 3. The fourth-order valence-corrected chi connectivity index (χ4v) is 1.47. The van der Waals surface area contributed by atoms with Crippen LogP contribution in [0.4, 0.5) is 0 Å². The van der Waals surface area contributed by atoms with E-state index in [1.165, 1.54) is 7.11 Å². The zero-order chi connectivity index (χ0) is 17.8. The monoisotopic (exact) mass is 332 g/mol. The van der Waals surface area contributed by atoms with Gasteiger partial charge in [0.15, 0.2) is 0 Å². The van der Waals surface area contributed by atoms with Crippen LogP contribution >= 0.6 is 0 Å². The first-order valence-electron chi connectivity index (χ1n) is 6.65. The predicted octanol–water partition coefficient (Wildman–Crippen LogP) is -1.72. The van der Waals surface area contributed by atoms with Gasteiger partial charge in [0.2, 0.25) is 5.91 Å². The van der Waals surface area contributed by atoms with Crippen molar-refractivity contribution >= 4 is 29.7 Å². The van der Waals surface area contributed by atoms with Crippen LogP contribution in [0, 0.1) is 0 Å². The fourth-order valence-electron chi connectivity index (χ4n) is 1.47. The topological polar surface area (TPSA) is 137 Å². The number of nitrogens with one attached hydrogen (secondary N) is 2. The second-order valence-corrected chi connectivity index (χ2v) is 4.26. The molecular formula is C13H20N2O8. The largest absolute Gasteiger partial charge is 0.469 e. The van der Waals surface area contributed by atoms with E-state index in [0.717, 1.165) is 14.2 Å². The van der Waals surface area contributed by atoms with E-state index in [9.17, 15) is 24.0 Å². The molecule has 0 spiro atoms. The molecule has 2 amide bonds. The second kappa shape index (κ2) is 11.0. The number of hydrogen-bond donors (Lipinski definition) is 2. The second-order valence-electron chi connectivity index (χ2n) is 4.26. The van der Waals surface area contributed by atoms with E-state index < -0.39 is 35.8 Å². The molecule has 1 atom stereocenters. The lowest BCUT2D eigenvalue weighted by atomic mass is 10.2. The number of ether oxygens (including phenoxy) is 3. The Bertz CT molecular complexity index is 463. The van der Waals surface area contributed by atoms with Crippen molar-refractivity contribution in [1.29, 1.82) is 0 Å². The fraction of sp³-hybridized carbons (Fsp3) is 0.615. The minimum atomic E-state index is -1.07. The van der Waals surface area contributed by atoms with Gasteiger partial charge in [-0.1, -0.05) is 0 Å². The molecule has 0 saturated heterocycles. The number of carbonyl (C=O) groups is 5. The van der Waals surface area contributed by atoms with E-state index in [4.69, 9.17) is 0 Å². The molecule has 0 aromatic heterocycles. The number of methoxy groups -OCH3 is 3. The normalized spacial score (nSPS) is 10.9. The lowest BCUT2D eigenvalue weighted by Gasteiger charge is -2.16. The molecule has 0 bridgehead atoms. The Morgan fingerprint density at radius 3 is 2.09 bits per heavy atom. The minimum absolute atomic E-state index is 0.000623. The van der Waals surface area contributed by atoms with Gasteiger partial charge in [0.1, 0.15) is 6.04 Å². The number of amides is 2. The molecule has 0 aliphatic rings. The smallest absolute Gasteiger partial charge is 0.396 e. The summed E-state index contributed by atoms with van der Waals surface area (Å²) in [5.74, 6) is -3.86. The lowest BCUT2D eigenvalue weighted by Crippen LogP contribution is -2.44. The minimum Gasteiger partial charge on any atom is -0.469 e. The summed E-state index contributed by atoms with van der Waals surface area (Å²) in [5.41, 5.74) is 0. The van der Waals surface area contributed by atoms with Crippen molar-refractivity contribution in [3.63, 3.8) is 0 Å². The van der Waals surface area contributed by atoms with Crippen molar-refractivity contribution < 1.29 is 38.2 Å². The van der Waals surface area contributed by atoms with Crippen LogP contribution in [-0.4, -0.2) is 63.6 Å². The third kappa shape index (κ3) is 8.39. The Morgan fingerprint density at radius 1 is 0.913 bits per heavy atom. The van der Waals surface area contributed by atoms with Crippen molar-refractivity contribution in [2.45, 2.75) is 25.3 Å². The van der Waals surface area contributed by atoms with E-state index in [2.05, 4.69) is 24.8 Å². The SMILES string of the molecule is COC(=O)CCC(=O)N[C@@H](CCNC(=O)C(=O)OC)C(=O)OC. The van der Waals surface area contributed by atoms with E-state index in [1.54, 1.807) is 0 Å². The zero-order valence-electron chi connectivity index (χ0n) is 13.2. The Kier molecular flexibility index (Phi) is 9.72. The average Bonchev–Trinajstić information content (AvgIpc) is 2.56. The van der Waals surface area contributed by atoms with Gasteiger partial charge in [0.25, 0.3) is 0 Å². The molecule has 0 heterocycles. The highest BCUT2D eigenvalue weighted by molar-refractivity contribution is 6.32. The Balaban J connectivity index is 4.39. The Morgan fingerprint density at radius 2 is 1.57 bits per heavy atom. The third-order valence-corrected chi connectivity index (χ3v) is 2.69. The van der Waals surface area contributed by atoms with Crippen LogP contribution in [0.5, 0.6) is 0 Å². The molecule has 0 fully saturated rings. The first-order valence-corrected chi connectivity index (χ1v) is 6.65. The van der Waals surface area contributed by atoms with Gasteiger partial charge in [-0.3, -0.25) is 14.4 Å². The van der Waals surface area contributed by atoms with Crippen LogP contribution < -0.4 is 10.6 Å². The summed E-state index contributed by atoms with van der Waals surface area (Å²) >= 11 is 0. The first-order chi connectivity index (χ1) is 10.8. The maximum Gasteiger partial charge on any atom is 0.396 e. The van der Waals surface area contributed by atoms with Crippen LogP contribution in [0.2, 0.25) is 0 Å². The number of rotatable bonds is 8. The van der Waals surface area contributed by atoms with E-state index in [0.29, 0.717) is 0 Å². The predicted molar refractivity (Wildman–Crippen MR) is 74.8 cm³/mol. The van der Waals surface area contributed by atoms with Crippen LogP contribution in [0.1, 0.15) is 19.3 Å². The Hall–Kier alpha value is -2.65. The maximum atomic E-state index is 11.7. The van der Waals surface area contributed by atoms with Crippen molar-refractivity contribution in [2.24, 2.45) is 0 Å². The summed E-state index contributed by atoms with van der Waals surface area (Å²) in [6.45, 7) is -0.0645.